The van der Waals surface area contributed by atoms with Crippen molar-refractivity contribution in [3.63, 3.8) is 0 Å². The van der Waals surface area contributed by atoms with E-state index in [1.54, 1.807) is 24.3 Å². The van der Waals surface area contributed by atoms with Gasteiger partial charge in [-0.3, -0.25) is 4.79 Å². The van der Waals surface area contributed by atoms with Crippen LogP contribution in [-0.2, 0) is 10.5 Å². The normalized spacial score (nSPS) is 19.6. The first-order valence-corrected chi connectivity index (χ1v) is 8.88. The Kier molecular flexibility index (Phi) is 5.20. The summed E-state index contributed by atoms with van der Waals surface area (Å²) in [4.78, 5) is 12.7. The molecule has 0 unspecified atom stereocenters. The highest BCUT2D eigenvalue weighted by atomic mass is 79.9. The Morgan fingerprint density at radius 1 is 1.24 bits per heavy atom. The summed E-state index contributed by atoms with van der Waals surface area (Å²) in [5.41, 5.74) is -0.0853. The molecular formula is C19H19BrN2O3. The highest BCUT2D eigenvalue weighted by Crippen LogP contribution is 2.36. The van der Waals surface area contributed by atoms with Crippen molar-refractivity contribution >= 4 is 27.5 Å². The van der Waals surface area contributed by atoms with Crippen LogP contribution in [0.4, 0.5) is 0 Å². The van der Waals surface area contributed by atoms with Gasteiger partial charge in [0.2, 0.25) is 0 Å². The zero-order valence-electron chi connectivity index (χ0n) is 13.9. The first-order valence-electron chi connectivity index (χ1n) is 8.08. The third kappa shape index (κ3) is 3.75. The fourth-order valence-electron chi connectivity index (χ4n) is 2.74. The number of rotatable bonds is 5. The molecule has 1 atom stereocenters. The van der Waals surface area contributed by atoms with Crippen LogP contribution in [0.1, 0.15) is 25.3 Å². The largest absolute Gasteiger partial charge is 0.484 e. The molecule has 1 amide bonds. The Balaban J connectivity index is 1.81. The van der Waals surface area contributed by atoms with Gasteiger partial charge in [-0.05, 0) is 30.7 Å². The molecule has 0 saturated carbocycles. The summed E-state index contributed by atoms with van der Waals surface area (Å²) >= 11 is 3.38. The summed E-state index contributed by atoms with van der Waals surface area (Å²) in [5.74, 6) is 0.208. The zero-order valence-corrected chi connectivity index (χ0v) is 15.4. The number of amides is 1. The van der Waals surface area contributed by atoms with Crippen LogP contribution in [0.15, 0.2) is 64.2 Å². The van der Waals surface area contributed by atoms with Gasteiger partial charge in [0.25, 0.3) is 5.91 Å². The van der Waals surface area contributed by atoms with Gasteiger partial charge in [-0.1, -0.05) is 53.2 Å². The Bertz CT molecular complexity index is 777. The molecular weight excluding hydrogens is 384 g/mol. The van der Waals surface area contributed by atoms with Crippen molar-refractivity contribution in [1.29, 1.82) is 0 Å². The van der Waals surface area contributed by atoms with Gasteiger partial charge in [0, 0.05) is 22.2 Å². The molecule has 1 heterocycles. The predicted molar refractivity (Wildman–Crippen MR) is 99.2 cm³/mol. The standard InChI is InChI=1S/C19H19BrN2O3/c1-2-16-12-19(24,14-8-10-15(20)11-9-14)22(21-16)18(23)13-25-17-6-4-3-5-7-17/h3-11,24H,2,12-13H2,1H3/t19-/m1/s1. The molecule has 0 spiro atoms. The molecule has 5 nitrogen and oxygen atoms in total. The molecule has 25 heavy (non-hydrogen) atoms. The lowest BCUT2D eigenvalue weighted by Crippen LogP contribution is -2.45. The SMILES string of the molecule is CCC1=NN(C(=O)COc2ccccc2)[C@](O)(c2ccc(Br)cc2)C1. The molecule has 2 aromatic carbocycles. The smallest absolute Gasteiger partial charge is 0.283 e. The van der Waals surface area contributed by atoms with E-state index in [9.17, 15) is 9.90 Å². The molecule has 130 valence electrons. The number of para-hydroxylation sites is 1. The number of carbonyl (C=O) groups excluding carboxylic acids is 1. The molecule has 1 N–H and O–H groups in total. The van der Waals surface area contributed by atoms with Gasteiger partial charge in [-0.2, -0.15) is 10.1 Å². The Labute approximate surface area is 155 Å². The molecule has 0 aromatic heterocycles. The van der Waals surface area contributed by atoms with Crippen molar-refractivity contribution in [3.8, 4) is 5.75 Å². The fraction of sp³-hybridized carbons (Fsp3) is 0.263. The molecule has 0 fully saturated rings. The fourth-order valence-corrected chi connectivity index (χ4v) is 3.01. The number of aliphatic hydroxyl groups is 1. The minimum Gasteiger partial charge on any atom is -0.484 e. The molecule has 0 saturated heterocycles. The molecule has 0 radical (unpaired) electrons. The lowest BCUT2D eigenvalue weighted by Gasteiger charge is -2.31. The van der Waals surface area contributed by atoms with Gasteiger partial charge in [0.15, 0.2) is 12.3 Å². The number of nitrogens with zero attached hydrogens (tertiary/aromatic N) is 2. The van der Waals surface area contributed by atoms with Crippen LogP contribution in [0.5, 0.6) is 5.75 Å². The predicted octanol–water partition coefficient (Wildman–Crippen LogP) is 3.67. The van der Waals surface area contributed by atoms with Crippen molar-refractivity contribution < 1.29 is 14.6 Å². The van der Waals surface area contributed by atoms with E-state index in [0.717, 1.165) is 15.2 Å². The van der Waals surface area contributed by atoms with Gasteiger partial charge < -0.3 is 9.84 Å². The van der Waals surface area contributed by atoms with Crippen LogP contribution in [-0.4, -0.2) is 28.3 Å². The lowest BCUT2D eigenvalue weighted by molar-refractivity contribution is -0.159. The highest BCUT2D eigenvalue weighted by Gasteiger charge is 2.45. The van der Waals surface area contributed by atoms with Crippen molar-refractivity contribution in [1.82, 2.24) is 5.01 Å². The van der Waals surface area contributed by atoms with E-state index < -0.39 is 11.6 Å². The van der Waals surface area contributed by atoms with Crippen LogP contribution in [0.2, 0.25) is 0 Å². The monoisotopic (exact) mass is 402 g/mol. The number of hydrazone groups is 1. The second kappa shape index (κ2) is 7.37. The Hall–Kier alpha value is -2.18. The first-order chi connectivity index (χ1) is 12.0. The number of carbonyl (C=O) groups is 1. The van der Waals surface area contributed by atoms with Crippen molar-refractivity contribution in [2.75, 3.05) is 6.61 Å². The van der Waals surface area contributed by atoms with Crippen LogP contribution in [0.3, 0.4) is 0 Å². The van der Waals surface area contributed by atoms with E-state index in [-0.39, 0.29) is 6.61 Å². The van der Waals surface area contributed by atoms with Crippen molar-refractivity contribution in [2.45, 2.75) is 25.5 Å². The maximum atomic E-state index is 12.7. The third-order valence-corrected chi connectivity index (χ3v) is 4.63. The van der Waals surface area contributed by atoms with E-state index in [1.807, 2.05) is 37.3 Å². The lowest BCUT2D eigenvalue weighted by atomic mass is 9.96. The van der Waals surface area contributed by atoms with Crippen molar-refractivity contribution in [2.24, 2.45) is 5.10 Å². The van der Waals surface area contributed by atoms with E-state index in [1.165, 1.54) is 0 Å². The zero-order chi connectivity index (χ0) is 17.9. The van der Waals surface area contributed by atoms with Crippen molar-refractivity contribution in [3.05, 3.63) is 64.6 Å². The third-order valence-electron chi connectivity index (χ3n) is 4.10. The minimum atomic E-state index is -1.48. The maximum Gasteiger partial charge on any atom is 0.283 e. The van der Waals surface area contributed by atoms with Crippen LogP contribution in [0.25, 0.3) is 0 Å². The highest BCUT2D eigenvalue weighted by molar-refractivity contribution is 9.10. The number of benzene rings is 2. The topological polar surface area (TPSA) is 62.1 Å². The molecule has 0 aliphatic carbocycles. The van der Waals surface area contributed by atoms with Gasteiger partial charge in [0.05, 0.1) is 0 Å². The number of hydrogen-bond donors (Lipinski definition) is 1. The molecule has 2 aromatic rings. The second-order valence-corrected chi connectivity index (χ2v) is 6.74. The average molecular weight is 403 g/mol. The summed E-state index contributed by atoms with van der Waals surface area (Å²) in [7, 11) is 0. The van der Waals surface area contributed by atoms with Crippen LogP contribution >= 0.6 is 15.9 Å². The van der Waals surface area contributed by atoms with Gasteiger partial charge in [-0.15, -0.1) is 0 Å². The summed E-state index contributed by atoms with van der Waals surface area (Å²) in [6, 6.07) is 16.3. The summed E-state index contributed by atoms with van der Waals surface area (Å²) < 4.78 is 6.42. The summed E-state index contributed by atoms with van der Waals surface area (Å²) in [6.45, 7) is 1.76. The van der Waals surface area contributed by atoms with Gasteiger partial charge in [0.1, 0.15) is 5.75 Å². The molecule has 0 bridgehead atoms. The van der Waals surface area contributed by atoms with Gasteiger partial charge in [-0.25, -0.2) is 0 Å². The molecule has 3 rings (SSSR count). The van der Waals surface area contributed by atoms with Gasteiger partial charge >= 0.3 is 0 Å². The molecule has 1 aliphatic rings. The summed E-state index contributed by atoms with van der Waals surface area (Å²) in [5, 5.41) is 16.7. The quantitative estimate of drug-likeness (QED) is 0.829. The number of halogens is 1. The summed E-state index contributed by atoms with van der Waals surface area (Å²) in [6.07, 6.45) is 0.963. The van der Waals surface area contributed by atoms with E-state index >= 15 is 0 Å². The molecule has 1 aliphatic heterocycles. The van der Waals surface area contributed by atoms with E-state index in [2.05, 4.69) is 21.0 Å². The second-order valence-electron chi connectivity index (χ2n) is 5.83. The number of hydrogen-bond acceptors (Lipinski definition) is 4. The maximum absolute atomic E-state index is 12.7. The minimum absolute atomic E-state index is 0.191. The Morgan fingerprint density at radius 3 is 2.56 bits per heavy atom. The number of ether oxygens (including phenoxy) is 1. The van der Waals surface area contributed by atoms with Crippen LogP contribution in [0, 0.1) is 0 Å². The molecule has 6 heteroatoms. The average Bonchev–Trinajstić information content (AvgIpc) is 2.99. The van der Waals surface area contributed by atoms with Crippen LogP contribution < -0.4 is 4.74 Å². The first kappa shape index (κ1) is 17.6. The Morgan fingerprint density at radius 2 is 1.92 bits per heavy atom. The van der Waals surface area contributed by atoms with E-state index in [4.69, 9.17) is 4.74 Å². The van der Waals surface area contributed by atoms with E-state index in [0.29, 0.717) is 24.2 Å².